The second kappa shape index (κ2) is 7.53. The van der Waals surface area contributed by atoms with Gasteiger partial charge in [-0.2, -0.15) is 0 Å². The van der Waals surface area contributed by atoms with Gasteiger partial charge in [0, 0.05) is 6.54 Å². The van der Waals surface area contributed by atoms with E-state index in [9.17, 15) is 9.59 Å². The van der Waals surface area contributed by atoms with Crippen LogP contribution in [0.5, 0.6) is 5.75 Å². The zero-order valence-corrected chi connectivity index (χ0v) is 12.2. The number of aryl methyl sites for hydroxylation is 1. The number of carbonyl (C=O) groups is 2. The van der Waals surface area contributed by atoms with Gasteiger partial charge in [0.2, 0.25) is 0 Å². The van der Waals surface area contributed by atoms with Crippen LogP contribution in [0.4, 0.5) is 0 Å². The molecule has 0 saturated heterocycles. The molecule has 1 aromatic carbocycles. The second-order valence-corrected chi connectivity index (χ2v) is 4.70. The van der Waals surface area contributed by atoms with Crippen LogP contribution in [0.15, 0.2) is 18.2 Å². The van der Waals surface area contributed by atoms with Crippen LogP contribution >= 0.6 is 0 Å². The van der Waals surface area contributed by atoms with E-state index in [0.717, 1.165) is 11.1 Å². The molecule has 0 aliphatic rings. The number of aliphatic carboxylic acids is 1. The molecule has 5 heteroatoms. The van der Waals surface area contributed by atoms with Crippen molar-refractivity contribution < 1.29 is 19.4 Å². The summed E-state index contributed by atoms with van der Waals surface area (Å²) in [6.07, 6.45) is 0.711. The standard InChI is InChI=1S/C15H21NO4/c1-4-8-16(9-15(18)19)14(17)10-20-13-7-5-6-11(2)12(13)3/h5-7H,4,8-10H2,1-3H3,(H,18,19). The average Bonchev–Trinajstić information content (AvgIpc) is 2.39. The van der Waals surface area contributed by atoms with E-state index in [0.29, 0.717) is 18.7 Å². The maximum Gasteiger partial charge on any atom is 0.323 e. The minimum Gasteiger partial charge on any atom is -0.483 e. The summed E-state index contributed by atoms with van der Waals surface area (Å²) >= 11 is 0. The number of benzene rings is 1. The summed E-state index contributed by atoms with van der Waals surface area (Å²) in [6, 6.07) is 5.64. The number of nitrogens with zero attached hydrogens (tertiary/aromatic N) is 1. The summed E-state index contributed by atoms with van der Waals surface area (Å²) in [6.45, 7) is 5.78. The van der Waals surface area contributed by atoms with Gasteiger partial charge >= 0.3 is 5.97 Å². The van der Waals surface area contributed by atoms with Crippen molar-refractivity contribution in [3.05, 3.63) is 29.3 Å². The van der Waals surface area contributed by atoms with E-state index in [2.05, 4.69) is 0 Å². The lowest BCUT2D eigenvalue weighted by Crippen LogP contribution is -2.39. The molecule has 110 valence electrons. The van der Waals surface area contributed by atoms with Gasteiger partial charge < -0.3 is 14.7 Å². The largest absolute Gasteiger partial charge is 0.483 e. The van der Waals surface area contributed by atoms with E-state index in [4.69, 9.17) is 9.84 Å². The molecule has 0 bridgehead atoms. The fourth-order valence-electron chi connectivity index (χ4n) is 1.84. The molecule has 0 saturated carbocycles. The Hall–Kier alpha value is -2.04. The third-order valence-corrected chi connectivity index (χ3v) is 3.08. The predicted molar refractivity (Wildman–Crippen MR) is 75.9 cm³/mol. The molecular weight excluding hydrogens is 258 g/mol. The Morgan fingerprint density at radius 2 is 2.00 bits per heavy atom. The van der Waals surface area contributed by atoms with Crippen molar-refractivity contribution in [1.82, 2.24) is 4.90 Å². The molecule has 1 N–H and O–H groups in total. The SMILES string of the molecule is CCCN(CC(=O)O)C(=O)COc1cccc(C)c1C. The maximum atomic E-state index is 12.0. The predicted octanol–water partition coefficient (Wildman–Crippen LogP) is 2.01. The molecule has 1 rings (SSSR count). The van der Waals surface area contributed by atoms with Gasteiger partial charge in [-0.25, -0.2) is 0 Å². The number of carbonyl (C=O) groups excluding carboxylic acids is 1. The molecule has 0 radical (unpaired) electrons. The first kappa shape index (κ1) is 16.0. The van der Waals surface area contributed by atoms with Crippen molar-refractivity contribution in [3.8, 4) is 5.75 Å². The summed E-state index contributed by atoms with van der Waals surface area (Å²) in [5.41, 5.74) is 2.08. The number of amides is 1. The first-order valence-electron chi connectivity index (χ1n) is 6.64. The lowest BCUT2D eigenvalue weighted by Gasteiger charge is -2.20. The highest BCUT2D eigenvalue weighted by molar-refractivity contribution is 5.82. The Balaban J connectivity index is 2.64. The number of carboxylic acid groups (broad SMARTS) is 1. The van der Waals surface area contributed by atoms with Crippen molar-refractivity contribution in [3.63, 3.8) is 0 Å². The van der Waals surface area contributed by atoms with Gasteiger partial charge in [-0.05, 0) is 37.5 Å². The van der Waals surface area contributed by atoms with Crippen LogP contribution in [0, 0.1) is 13.8 Å². The number of ether oxygens (including phenoxy) is 1. The van der Waals surface area contributed by atoms with Crippen LogP contribution in [-0.4, -0.2) is 41.6 Å². The number of hydrogen-bond donors (Lipinski definition) is 1. The number of carboxylic acids is 1. The zero-order valence-electron chi connectivity index (χ0n) is 12.2. The van der Waals surface area contributed by atoms with E-state index in [1.165, 1.54) is 4.90 Å². The van der Waals surface area contributed by atoms with Crippen molar-refractivity contribution in [1.29, 1.82) is 0 Å². The minimum atomic E-state index is -1.02. The molecule has 0 unspecified atom stereocenters. The molecular formula is C15H21NO4. The van der Waals surface area contributed by atoms with Crippen molar-refractivity contribution in [2.45, 2.75) is 27.2 Å². The number of hydrogen-bond acceptors (Lipinski definition) is 3. The van der Waals surface area contributed by atoms with Crippen LogP contribution in [0.2, 0.25) is 0 Å². The highest BCUT2D eigenvalue weighted by Gasteiger charge is 2.16. The van der Waals surface area contributed by atoms with E-state index >= 15 is 0 Å². The fourth-order valence-corrected chi connectivity index (χ4v) is 1.84. The molecule has 0 aromatic heterocycles. The molecule has 1 amide bonds. The first-order valence-corrected chi connectivity index (χ1v) is 6.64. The highest BCUT2D eigenvalue weighted by atomic mass is 16.5. The monoisotopic (exact) mass is 279 g/mol. The fraction of sp³-hybridized carbons (Fsp3) is 0.467. The Kier molecular flexibility index (Phi) is 6.03. The summed E-state index contributed by atoms with van der Waals surface area (Å²) in [5, 5.41) is 8.79. The van der Waals surface area contributed by atoms with Gasteiger partial charge in [0.1, 0.15) is 12.3 Å². The van der Waals surface area contributed by atoms with Crippen LogP contribution in [0.25, 0.3) is 0 Å². The summed E-state index contributed by atoms with van der Waals surface area (Å²) in [7, 11) is 0. The smallest absolute Gasteiger partial charge is 0.323 e. The summed E-state index contributed by atoms with van der Waals surface area (Å²) < 4.78 is 5.50. The van der Waals surface area contributed by atoms with Crippen LogP contribution in [0.3, 0.4) is 0 Å². The van der Waals surface area contributed by atoms with E-state index in [1.54, 1.807) is 6.07 Å². The van der Waals surface area contributed by atoms with E-state index in [1.807, 2.05) is 32.9 Å². The van der Waals surface area contributed by atoms with Gasteiger partial charge in [-0.15, -0.1) is 0 Å². The van der Waals surface area contributed by atoms with Gasteiger partial charge in [0.25, 0.3) is 5.91 Å². The van der Waals surface area contributed by atoms with Gasteiger partial charge in [0.15, 0.2) is 6.61 Å². The molecule has 20 heavy (non-hydrogen) atoms. The van der Waals surface area contributed by atoms with Gasteiger partial charge in [-0.1, -0.05) is 19.1 Å². The van der Waals surface area contributed by atoms with Crippen molar-refractivity contribution in [2.75, 3.05) is 19.7 Å². The third-order valence-electron chi connectivity index (χ3n) is 3.08. The molecule has 0 aliphatic carbocycles. The molecule has 1 aromatic rings. The quantitative estimate of drug-likeness (QED) is 0.829. The third kappa shape index (κ3) is 4.57. The average molecular weight is 279 g/mol. The molecule has 0 spiro atoms. The molecule has 0 aliphatic heterocycles. The summed E-state index contributed by atoms with van der Waals surface area (Å²) in [5.74, 6) is -0.668. The molecule has 0 heterocycles. The summed E-state index contributed by atoms with van der Waals surface area (Å²) in [4.78, 5) is 24.0. The minimum absolute atomic E-state index is 0.141. The zero-order chi connectivity index (χ0) is 15.1. The highest BCUT2D eigenvalue weighted by Crippen LogP contribution is 2.20. The van der Waals surface area contributed by atoms with Crippen LogP contribution < -0.4 is 4.74 Å². The first-order chi connectivity index (χ1) is 9.45. The normalized spacial score (nSPS) is 10.2. The maximum absolute atomic E-state index is 12.0. The van der Waals surface area contributed by atoms with Crippen LogP contribution in [0.1, 0.15) is 24.5 Å². The van der Waals surface area contributed by atoms with Gasteiger partial charge in [0.05, 0.1) is 0 Å². The molecule has 0 fully saturated rings. The van der Waals surface area contributed by atoms with Gasteiger partial charge in [-0.3, -0.25) is 9.59 Å². The Bertz CT molecular complexity index is 485. The Morgan fingerprint density at radius 1 is 1.30 bits per heavy atom. The second-order valence-electron chi connectivity index (χ2n) is 4.70. The Morgan fingerprint density at radius 3 is 2.60 bits per heavy atom. The van der Waals surface area contributed by atoms with E-state index < -0.39 is 5.97 Å². The lowest BCUT2D eigenvalue weighted by molar-refractivity contribution is -0.145. The lowest BCUT2D eigenvalue weighted by atomic mass is 10.1. The molecule has 0 atom stereocenters. The topological polar surface area (TPSA) is 66.8 Å². The van der Waals surface area contributed by atoms with Crippen LogP contribution in [-0.2, 0) is 9.59 Å². The van der Waals surface area contributed by atoms with E-state index in [-0.39, 0.29) is 19.1 Å². The van der Waals surface area contributed by atoms with Crippen molar-refractivity contribution >= 4 is 11.9 Å². The van der Waals surface area contributed by atoms with Crippen molar-refractivity contribution in [2.24, 2.45) is 0 Å². The number of rotatable bonds is 7. The Labute approximate surface area is 119 Å². The molecule has 5 nitrogen and oxygen atoms in total.